The van der Waals surface area contributed by atoms with Crippen molar-refractivity contribution in [1.82, 2.24) is 4.98 Å². The van der Waals surface area contributed by atoms with Crippen molar-refractivity contribution in [2.45, 2.75) is 0 Å². The lowest BCUT2D eigenvalue weighted by Gasteiger charge is -2.15. The maximum Gasteiger partial charge on any atom is 0.0346 e. The van der Waals surface area contributed by atoms with Gasteiger partial charge in [-0.15, -0.1) is 0 Å². The Balaban J connectivity index is 1.54. The summed E-state index contributed by atoms with van der Waals surface area (Å²) in [5, 5.41) is 10.3. The molecule has 1 heteroatoms. The molecule has 0 radical (unpaired) electrons. The minimum absolute atomic E-state index is 1.17. The Morgan fingerprint density at radius 1 is 0.412 bits per heavy atom. The summed E-state index contributed by atoms with van der Waals surface area (Å²) < 4.78 is 0. The summed E-state index contributed by atoms with van der Waals surface area (Å²) in [6.07, 6.45) is 3.80. The summed E-state index contributed by atoms with van der Waals surface area (Å²) >= 11 is 0. The highest BCUT2D eigenvalue weighted by molar-refractivity contribution is 6.28. The number of benzene rings is 6. The second-order valence-corrected chi connectivity index (χ2v) is 9.20. The second kappa shape index (κ2) is 6.52. The predicted molar refractivity (Wildman–Crippen MR) is 144 cm³/mol. The van der Waals surface area contributed by atoms with Gasteiger partial charge in [-0.3, -0.25) is 4.98 Å². The van der Waals surface area contributed by atoms with Crippen molar-refractivity contribution in [1.29, 1.82) is 0 Å². The second-order valence-electron chi connectivity index (χ2n) is 9.20. The van der Waals surface area contributed by atoms with Gasteiger partial charge in [-0.25, -0.2) is 0 Å². The molecule has 0 unspecified atom stereocenters. The quantitative estimate of drug-likeness (QED) is 0.237. The van der Waals surface area contributed by atoms with Crippen molar-refractivity contribution in [2.24, 2.45) is 0 Å². The van der Waals surface area contributed by atoms with Gasteiger partial charge in [-0.05, 0) is 95.3 Å². The number of aromatic nitrogens is 1. The summed E-state index contributed by atoms with van der Waals surface area (Å²) in [4.78, 5) is 4.28. The van der Waals surface area contributed by atoms with Crippen LogP contribution in [0.3, 0.4) is 0 Å². The molecular weight excluding hydrogens is 410 g/mol. The molecule has 0 fully saturated rings. The third kappa shape index (κ3) is 2.31. The molecule has 0 aliphatic heterocycles. The van der Waals surface area contributed by atoms with Crippen LogP contribution in [-0.2, 0) is 0 Å². The van der Waals surface area contributed by atoms with Gasteiger partial charge in [-0.1, -0.05) is 78.9 Å². The maximum absolute atomic E-state index is 4.28. The molecule has 0 amide bonds. The Morgan fingerprint density at radius 2 is 1.12 bits per heavy atom. The van der Waals surface area contributed by atoms with E-state index in [-0.39, 0.29) is 0 Å². The highest BCUT2D eigenvalue weighted by atomic mass is 14.6. The zero-order valence-corrected chi connectivity index (χ0v) is 18.4. The van der Waals surface area contributed by atoms with Gasteiger partial charge in [0.2, 0.25) is 0 Å². The van der Waals surface area contributed by atoms with E-state index < -0.39 is 0 Å². The highest BCUT2D eigenvalue weighted by Crippen LogP contribution is 2.50. The molecule has 0 saturated carbocycles. The average Bonchev–Trinajstić information content (AvgIpc) is 3.23. The van der Waals surface area contributed by atoms with E-state index in [4.69, 9.17) is 0 Å². The van der Waals surface area contributed by atoms with Crippen molar-refractivity contribution >= 4 is 43.1 Å². The van der Waals surface area contributed by atoms with Crippen LogP contribution < -0.4 is 0 Å². The Morgan fingerprint density at radius 3 is 2.03 bits per heavy atom. The summed E-state index contributed by atoms with van der Waals surface area (Å²) in [5.41, 5.74) is 7.89. The van der Waals surface area contributed by atoms with E-state index in [1.54, 1.807) is 0 Å². The fourth-order valence-corrected chi connectivity index (χ4v) is 5.94. The molecule has 156 valence electrons. The van der Waals surface area contributed by atoms with E-state index in [2.05, 4.69) is 108 Å². The van der Waals surface area contributed by atoms with Crippen LogP contribution in [0.1, 0.15) is 0 Å². The molecule has 1 heterocycles. The maximum atomic E-state index is 4.28. The van der Waals surface area contributed by atoms with Gasteiger partial charge < -0.3 is 0 Å². The minimum Gasteiger partial charge on any atom is -0.264 e. The molecule has 1 aliphatic rings. The minimum atomic E-state index is 1.17. The summed E-state index contributed by atoms with van der Waals surface area (Å²) in [6.45, 7) is 0. The molecular formula is C33H19N. The molecule has 1 aromatic heterocycles. The average molecular weight is 430 g/mol. The molecule has 0 N–H and O–H groups in total. The lowest BCUT2D eigenvalue weighted by Crippen LogP contribution is -1.88. The number of hydrogen-bond acceptors (Lipinski definition) is 1. The van der Waals surface area contributed by atoms with Crippen LogP contribution in [0.5, 0.6) is 0 Å². The van der Waals surface area contributed by atoms with Gasteiger partial charge in [0.15, 0.2) is 0 Å². The molecule has 0 atom stereocenters. The normalized spacial score (nSPS) is 12.1. The summed E-state index contributed by atoms with van der Waals surface area (Å²) in [5.74, 6) is 0. The molecule has 8 rings (SSSR count). The third-order valence-electron chi connectivity index (χ3n) is 7.46. The van der Waals surface area contributed by atoms with Gasteiger partial charge in [-0.2, -0.15) is 0 Å². The van der Waals surface area contributed by atoms with Crippen LogP contribution in [0.15, 0.2) is 116 Å². The Labute approximate surface area is 196 Å². The van der Waals surface area contributed by atoms with Gasteiger partial charge >= 0.3 is 0 Å². The van der Waals surface area contributed by atoms with E-state index in [1.165, 1.54) is 76.5 Å². The molecule has 1 nitrogen and oxygen atoms in total. The van der Waals surface area contributed by atoms with Crippen molar-refractivity contribution in [3.63, 3.8) is 0 Å². The SMILES string of the molecule is c1ccc2c(c1)-c1cccc3c1c-2cc1c2ccccc2c(-c2ccc4cnccc4c2)cc31. The molecule has 0 spiro atoms. The van der Waals surface area contributed by atoms with Crippen LogP contribution in [0.4, 0.5) is 0 Å². The van der Waals surface area contributed by atoms with Gasteiger partial charge in [0, 0.05) is 17.8 Å². The first-order valence-corrected chi connectivity index (χ1v) is 11.7. The van der Waals surface area contributed by atoms with Crippen molar-refractivity contribution in [3.05, 3.63) is 116 Å². The number of pyridine rings is 1. The van der Waals surface area contributed by atoms with Crippen LogP contribution >= 0.6 is 0 Å². The fraction of sp³-hybridized carbons (Fsp3) is 0. The smallest absolute Gasteiger partial charge is 0.0346 e. The van der Waals surface area contributed by atoms with E-state index >= 15 is 0 Å². The van der Waals surface area contributed by atoms with Crippen LogP contribution in [0.2, 0.25) is 0 Å². The van der Waals surface area contributed by atoms with Crippen LogP contribution in [-0.4, -0.2) is 4.98 Å². The first kappa shape index (κ1) is 18.0. The van der Waals surface area contributed by atoms with E-state index in [0.717, 1.165) is 0 Å². The molecule has 7 aromatic rings. The monoisotopic (exact) mass is 429 g/mol. The molecule has 1 aliphatic carbocycles. The number of fused-ring (bicyclic) bond motifs is 8. The molecule has 0 bridgehead atoms. The zero-order valence-electron chi connectivity index (χ0n) is 18.4. The topological polar surface area (TPSA) is 12.9 Å². The molecule has 6 aromatic carbocycles. The first-order valence-electron chi connectivity index (χ1n) is 11.7. The van der Waals surface area contributed by atoms with Crippen LogP contribution in [0, 0.1) is 0 Å². The highest BCUT2D eigenvalue weighted by Gasteiger charge is 2.23. The Hall–Kier alpha value is -4.49. The first-order chi connectivity index (χ1) is 16.9. The largest absolute Gasteiger partial charge is 0.264 e. The number of hydrogen-bond donors (Lipinski definition) is 0. The lowest BCUT2D eigenvalue weighted by molar-refractivity contribution is 1.36. The zero-order chi connectivity index (χ0) is 22.2. The Bertz CT molecular complexity index is 1960. The van der Waals surface area contributed by atoms with Gasteiger partial charge in [0.1, 0.15) is 0 Å². The standard InChI is InChI=1S/C33H19N/c1-4-9-26-23(6-1)27-10-5-11-28-31-17-29(21-12-13-22-19-34-15-14-20(22)16-21)24-7-2-3-8-25(24)30(31)18-32(26)33(27)28/h1-19H. The lowest BCUT2D eigenvalue weighted by atomic mass is 9.88. The van der Waals surface area contributed by atoms with Gasteiger partial charge in [0.05, 0.1) is 0 Å². The molecule has 0 saturated heterocycles. The van der Waals surface area contributed by atoms with Gasteiger partial charge in [0.25, 0.3) is 0 Å². The summed E-state index contributed by atoms with van der Waals surface area (Å²) in [6, 6.07) is 38.0. The number of nitrogens with zero attached hydrogens (tertiary/aromatic N) is 1. The van der Waals surface area contributed by atoms with Crippen molar-refractivity contribution in [3.8, 4) is 33.4 Å². The summed E-state index contributed by atoms with van der Waals surface area (Å²) in [7, 11) is 0. The van der Waals surface area contributed by atoms with E-state index in [1.807, 2.05) is 12.4 Å². The third-order valence-corrected chi connectivity index (χ3v) is 7.46. The Kier molecular flexibility index (Phi) is 3.45. The van der Waals surface area contributed by atoms with Crippen molar-refractivity contribution < 1.29 is 0 Å². The predicted octanol–water partition coefficient (Wildman–Crippen LogP) is 9.01. The molecule has 34 heavy (non-hydrogen) atoms. The van der Waals surface area contributed by atoms with Crippen molar-refractivity contribution in [2.75, 3.05) is 0 Å². The van der Waals surface area contributed by atoms with E-state index in [0.29, 0.717) is 0 Å². The fourth-order valence-electron chi connectivity index (χ4n) is 5.94. The number of rotatable bonds is 1. The van der Waals surface area contributed by atoms with E-state index in [9.17, 15) is 0 Å². The van der Waals surface area contributed by atoms with Crippen LogP contribution in [0.25, 0.3) is 76.5 Å².